The molecule has 0 amide bonds. The molecule has 1 atom stereocenters. The number of sulfone groups is 1. The topological polar surface area (TPSA) is 46.2 Å². The van der Waals surface area contributed by atoms with Crippen LogP contribution in [0.2, 0.25) is 0 Å². The summed E-state index contributed by atoms with van der Waals surface area (Å²) in [6.07, 6.45) is 1.56. The second-order valence-corrected chi connectivity index (χ2v) is 7.67. The van der Waals surface area contributed by atoms with Crippen molar-refractivity contribution in [3.8, 4) is 0 Å². The zero-order valence-corrected chi connectivity index (χ0v) is 12.2. The summed E-state index contributed by atoms with van der Waals surface area (Å²) < 4.78 is 36.7. The fourth-order valence-electron chi connectivity index (χ4n) is 2.10. The Morgan fingerprint density at radius 3 is 2.89 bits per heavy atom. The summed E-state index contributed by atoms with van der Waals surface area (Å²) in [6, 6.07) is 4.91. The van der Waals surface area contributed by atoms with Crippen molar-refractivity contribution in [3.63, 3.8) is 0 Å². The van der Waals surface area contributed by atoms with E-state index in [9.17, 15) is 12.8 Å². The lowest BCUT2D eigenvalue weighted by Gasteiger charge is -2.23. The van der Waals surface area contributed by atoms with Gasteiger partial charge in [-0.3, -0.25) is 0 Å². The summed E-state index contributed by atoms with van der Waals surface area (Å²) >= 11 is 3.10. The van der Waals surface area contributed by atoms with Gasteiger partial charge in [0, 0.05) is 12.6 Å². The van der Waals surface area contributed by atoms with Crippen molar-refractivity contribution in [1.29, 1.82) is 0 Å². The van der Waals surface area contributed by atoms with Crippen LogP contribution in [0.3, 0.4) is 0 Å². The number of halogens is 2. The van der Waals surface area contributed by atoms with E-state index in [2.05, 4.69) is 21.2 Å². The van der Waals surface area contributed by atoms with Crippen LogP contribution in [0, 0.1) is 5.82 Å². The smallest absolute Gasteiger partial charge is 0.151 e. The predicted octanol–water partition coefficient (Wildman–Crippen LogP) is 2.25. The first-order valence-corrected chi connectivity index (χ1v) is 8.45. The zero-order chi connectivity index (χ0) is 13.2. The molecule has 2 rings (SSSR count). The Kier molecular flexibility index (Phi) is 4.40. The average molecular weight is 336 g/mol. The van der Waals surface area contributed by atoms with Gasteiger partial charge < -0.3 is 5.32 Å². The van der Waals surface area contributed by atoms with E-state index in [1.54, 1.807) is 6.07 Å². The quantitative estimate of drug-likeness (QED) is 0.921. The van der Waals surface area contributed by atoms with Gasteiger partial charge in [0.25, 0.3) is 0 Å². The van der Waals surface area contributed by atoms with Gasteiger partial charge >= 0.3 is 0 Å². The molecule has 0 saturated carbocycles. The fraction of sp³-hybridized carbons (Fsp3) is 0.500. The molecule has 0 aliphatic carbocycles. The van der Waals surface area contributed by atoms with Crippen LogP contribution < -0.4 is 5.32 Å². The molecule has 0 aromatic heterocycles. The van der Waals surface area contributed by atoms with Crippen molar-refractivity contribution < 1.29 is 12.8 Å². The molecule has 6 heteroatoms. The van der Waals surface area contributed by atoms with Gasteiger partial charge in [-0.25, -0.2) is 12.8 Å². The Hall–Kier alpha value is -0.460. The van der Waals surface area contributed by atoms with Gasteiger partial charge in [-0.1, -0.05) is 6.07 Å². The third-order valence-corrected chi connectivity index (χ3v) is 5.51. The van der Waals surface area contributed by atoms with Crippen molar-refractivity contribution in [2.45, 2.75) is 25.4 Å². The van der Waals surface area contributed by atoms with Gasteiger partial charge in [-0.15, -0.1) is 0 Å². The molecule has 1 aliphatic rings. The largest absolute Gasteiger partial charge is 0.309 e. The van der Waals surface area contributed by atoms with Crippen molar-refractivity contribution in [2.75, 3.05) is 11.5 Å². The van der Waals surface area contributed by atoms with Crippen molar-refractivity contribution >= 4 is 25.8 Å². The lowest BCUT2D eigenvalue weighted by atomic mass is 10.1. The van der Waals surface area contributed by atoms with E-state index in [1.807, 2.05) is 6.07 Å². The summed E-state index contributed by atoms with van der Waals surface area (Å²) in [5.41, 5.74) is 0.818. The van der Waals surface area contributed by atoms with Crippen molar-refractivity contribution in [2.24, 2.45) is 0 Å². The number of rotatable bonds is 3. The molecule has 1 aromatic rings. The first-order valence-electron chi connectivity index (χ1n) is 5.84. The van der Waals surface area contributed by atoms with Crippen molar-refractivity contribution in [3.05, 3.63) is 34.1 Å². The summed E-state index contributed by atoms with van der Waals surface area (Å²) in [4.78, 5) is 0. The molecule has 18 heavy (non-hydrogen) atoms. The number of hydrogen-bond donors (Lipinski definition) is 1. The molecule has 0 spiro atoms. The molecule has 100 valence electrons. The van der Waals surface area contributed by atoms with Crippen molar-refractivity contribution in [1.82, 2.24) is 5.32 Å². The third-order valence-electron chi connectivity index (χ3n) is 3.04. The molecule has 0 bridgehead atoms. The van der Waals surface area contributed by atoms with Crippen LogP contribution in [0.5, 0.6) is 0 Å². The molecule has 1 saturated heterocycles. The maximum absolute atomic E-state index is 13.3. The molecular formula is C12H15BrFNO2S. The van der Waals surface area contributed by atoms with E-state index in [0.29, 0.717) is 17.4 Å². The van der Waals surface area contributed by atoms with Crippen LogP contribution in [0.4, 0.5) is 4.39 Å². The normalized spacial score (nSPS) is 22.9. The Bertz CT molecular complexity index is 533. The Morgan fingerprint density at radius 1 is 1.44 bits per heavy atom. The SMILES string of the molecule is O=S1(=O)CCCC(NCc2ccc(Br)c(F)c2)C1. The molecule has 0 radical (unpaired) electrons. The second kappa shape index (κ2) is 5.67. The monoisotopic (exact) mass is 335 g/mol. The van der Waals surface area contributed by atoms with Crippen LogP contribution in [0.15, 0.2) is 22.7 Å². The molecule has 1 heterocycles. The maximum atomic E-state index is 13.3. The summed E-state index contributed by atoms with van der Waals surface area (Å²) in [6.45, 7) is 0.490. The Balaban J connectivity index is 1.93. The Morgan fingerprint density at radius 2 is 2.22 bits per heavy atom. The number of benzene rings is 1. The average Bonchev–Trinajstić information content (AvgIpc) is 2.29. The first kappa shape index (κ1) is 14.0. The molecule has 1 fully saturated rings. The Labute approximate surface area is 115 Å². The molecular weight excluding hydrogens is 321 g/mol. The predicted molar refractivity (Wildman–Crippen MR) is 72.6 cm³/mol. The van der Waals surface area contributed by atoms with Gasteiger partial charge in [-0.05, 0) is 46.5 Å². The van der Waals surface area contributed by atoms with Crippen LogP contribution in [-0.4, -0.2) is 26.0 Å². The molecule has 1 aliphatic heterocycles. The molecule has 1 N–H and O–H groups in total. The highest BCUT2D eigenvalue weighted by atomic mass is 79.9. The van der Waals surface area contributed by atoms with Gasteiger partial charge in [0.15, 0.2) is 9.84 Å². The standard InChI is InChI=1S/C12H15BrFNO2S/c13-11-4-3-9(6-12(11)14)7-15-10-2-1-5-18(16,17)8-10/h3-4,6,10,15H,1-2,5,7-8H2. The molecule has 1 aromatic carbocycles. The number of hydrogen-bond acceptors (Lipinski definition) is 3. The highest BCUT2D eigenvalue weighted by Gasteiger charge is 2.24. The van der Waals surface area contributed by atoms with Crippen LogP contribution in [-0.2, 0) is 16.4 Å². The summed E-state index contributed by atoms with van der Waals surface area (Å²) in [5.74, 6) is 0.176. The minimum Gasteiger partial charge on any atom is -0.309 e. The highest BCUT2D eigenvalue weighted by Crippen LogP contribution is 2.17. The minimum absolute atomic E-state index is 0.0181. The van der Waals surface area contributed by atoms with E-state index in [-0.39, 0.29) is 23.4 Å². The second-order valence-electron chi connectivity index (χ2n) is 4.58. The lowest BCUT2D eigenvalue weighted by molar-refractivity contribution is 0.479. The van der Waals surface area contributed by atoms with E-state index < -0.39 is 9.84 Å². The minimum atomic E-state index is -2.90. The summed E-state index contributed by atoms with van der Waals surface area (Å²) in [5, 5.41) is 3.18. The third kappa shape index (κ3) is 3.76. The van der Waals surface area contributed by atoms with Crippen LogP contribution in [0.1, 0.15) is 18.4 Å². The lowest BCUT2D eigenvalue weighted by Crippen LogP contribution is -2.39. The fourth-order valence-corrected chi connectivity index (χ4v) is 4.01. The molecule has 3 nitrogen and oxygen atoms in total. The van der Waals surface area contributed by atoms with E-state index >= 15 is 0 Å². The van der Waals surface area contributed by atoms with E-state index in [0.717, 1.165) is 12.0 Å². The maximum Gasteiger partial charge on any atom is 0.151 e. The van der Waals surface area contributed by atoms with Gasteiger partial charge in [-0.2, -0.15) is 0 Å². The van der Waals surface area contributed by atoms with Gasteiger partial charge in [0.2, 0.25) is 0 Å². The van der Waals surface area contributed by atoms with Crippen LogP contribution >= 0.6 is 15.9 Å². The molecule has 1 unspecified atom stereocenters. The zero-order valence-electron chi connectivity index (χ0n) is 9.83. The van der Waals surface area contributed by atoms with Gasteiger partial charge in [0.05, 0.1) is 16.0 Å². The van der Waals surface area contributed by atoms with Crippen LogP contribution in [0.25, 0.3) is 0 Å². The van der Waals surface area contributed by atoms with E-state index in [1.165, 1.54) is 6.07 Å². The van der Waals surface area contributed by atoms with Gasteiger partial charge in [0.1, 0.15) is 5.82 Å². The number of nitrogens with one attached hydrogen (secondary N) is 1. The summed E-state index contributed by atoms with van der Waals surface area (Å²) in [7, 11) is -2.90. The highest BCUT2D eigenvalue weighted by molar-refractivity contribution is 9.10. The van der Waals surface area contributed by atoms with E-state index in [4.69, 9.17) is 0 Å². The first-order chi connectivity index (χ1) is 8.46.